The first-order valence-electron chi connectivity index (χ1n) is 6.06. The average Bonchev–Trinajstić information content (AvgIpc) is 2.26. The van der Waals surface area contributed by atoms with E-state index in [4.69, 9.17) is 5.11 Å². The van der Waals surface area contributed by atoms with E-state index in [2.05, 4.69) is 19.9 Å². The summed E-state index contributed by atoms with van der Waals surface area (Å²) < 4.78 is 0. The van der Waals surface area contributed by atoms with Gasteiger partial charge in [0.15, 0.2) is 0 Å². The molecule has 0 bridgehead atoms. The van der Waals surface area contributed by atoms with Gasteiger partial charge in [0.05, 0.1) is 0 Å². The van der Waals surface area contributed by atoms with Crippen molar-refractivity contribution in [2.75, 3.05) is 6.61 Å². The Morgan fingerprint density at radius 3 is 2.44 bits per heavy atom. The van der Waals surface area contributed by atoms with E-state index in [1.54, 1.807) is 0 Å². The van der Waals surface area contributed by atoms with Gasteiger partial charge in [-0.25, -0.2) is 0 Å². The van der Waals surface area contributed by atoms with Gasteiger partial charge < -0.3 is 10.2 Å². The fraction of sp³-hybridized carbons (Fsp3) is 0.571. The Balaban J connectivity index is 3.14. The van der Waals surface area contributed by atoms with Gasteiger partial charge in [-0.2, -0.15) is 0 Å². The van der Waals surface area contributed by atoms with Crippen LogP contribution in [0.15, 0.2) is 12.1 Å². The van der Waals surface area contributed by atoms with E-state index in [1.165, 1.54) is 5.56 Å². The highest BCUT2D eigenvalue weighted by Crippen LogP contribution is 2.31. The van der Waals surface area contributed by atoms with Gasteiger partial charge in [0.25, 0.3) is 0 Å². The molecule has 1 rings (SSSR count). The summed E-state index contributed by atoms with van der Waals surface area (Å²) in [6.45, 7) is 6.47. The third-order valence-electron chi connectivity index (χ3n) is 2.99. The van der Waals surface area contributed by atoms with Crippen LogP contribution in [0.5, 0.6) is 5.75 Å². The molecule has 0 aliphatic rings. The van der Waals surface area contributed by atoms with Gasteiger partial charge in [-0.15, -0.1) is 0 Å². The van der Waals surface area contributed by atoms with Gasteiger partial charge in [0.1, 0.15) is 5.75 Å². The largest absolute Gasteiger partial charge is 0.507 e. The number of aliphatic hydroxyl groups excluding tert-OH is 1. The Morgan fingerprint density at radius 1 is 1.25 bits per heavy atom. The van der Waals surface area contributed by atoms with Crippen molar-refractivity contribution in [1.29, 1.82) is 0 Å². The lowest BCUT2D eigenvalue weighted by atomic mass is 9.91. The van der Waals surface area contributed by atoms with Crippen LogP contribution in [0.4, 0.5) is 0 Å². The molecule has 0 heterocycles. The Kier molecular flexibility index (Phi) is 4.81. The molecule has 0 saturated carbocycles. The van der Waals surface area contributed by atoms with Crippen molar-refractivity contribution in [2.24, 2.45) is 0 Å². The summed E-state index contributed by atoms with van der Waals surface area (Å²) in [5.74, 6) is 0.840. The highest BCUT2D eigenvalue weighted by atomic mass is 16.3. The second-order valence-electron chi connectivity index (χ2n) is 4.48. The number of hydrogen-bond acceptors (Lipinski definition) is 2. The second-order valence-corrected chi connectivity index (χ2v) is 4.48. The van der Waals surface area contributed by atoms with Crippen molar-refractivity contribution >= 4 is 0 Å². The molecule has 0 saturated heterocycles. The summed E-state index contributed by atoms with van der Waals surface area (Å²) >= 11 is 0. The van der Waals surface area contributed by atoms with Crippen LogP contribution >= 0.6 is 0 Å². The van der Waals surface area contributed by atoms with E-state index >= 15 is 0 Å². The molecule has 0 aromatic heterocycles. The first-order valence-corrected chi connectivity index (χ1v) is 6.06. The van der Waals surface area contributed by atoms with E-state index in [0.717, 1.165) is 24.0 Å². The molecular weight excluding hydrogens is 200 g/mol. The van der Waals surface area contributed by atoms with Gasteiger partial charge >= 0.3 is 0 Å². The fourth-order valence-corrected chi connectivity index (χ4v) is 2.05. The Bertz CT molecular complexity index is 343. The van der Waals surface area contributed by atoms with Crippen LogP contribution in [0.1, 0.15) is 49.8 Å². The maximum atomic E-state index is 10.2. The van der Waals surface area contributed by atoms with Crippen LogP contribution in [-0.2, 0) is 12.8 Å². The number of aliphatic hydroxyl groups is 1. The molecule has 0 unspecified atom stereocenters. The summed E-state index contributed by atoms with van der Waals surface area (Å²) in [5, 5.41) is 19.1. The lowest BCUT2D eigenvalue weighted by Gasteiger charge is -2.16. The van der Waals surface area contributed by atoms with Crippen LogP contribution in [0.25, 0.3) is 0 Å². The molecule has 0 aliphatic heterocycles. The number of hydrogen-bond donors (Lipinski definition) is 2. The minimum Gasteiger partial charge on any atom is -0.507 e. The molecule has 2 nitrogen and oxygen atoms in total. The molecule has 0 aliphatic carbocycles. The van der Waals surface area contributed by atoms with E-state index in [0.29, 0.717) is 18.1 Å². The smallest absolute Gasteiger partial charge is 0.122 e. The number of phenolic OH excluding ortho intramolecular Hbond substituents is 1. The zero-order valence-electron chi connectivity index (χ0n) is 10.5. The van der Waals surface area contributed by atoms with Crippen LogP contribution in [0, 0.1) is 0 Å². The fourth-order valence-electron chi connectivity index (χ4n) is 2.05. The average molecular weight is 222 g/mol. The van der Waals surface area contributed by atoms with Crippen molar-refractivity contribution < 1.29 is 10.2 Å². The quantitative estimate of drug-likeness (QED) is 0.804. The van der Waals surface area contributed by atoms with Crippen molar-refractivity contribution in [1.82, 2.24) is 0 Å². The van der Waals surface area contributed by atoms with Crippen molar-refractivity contribution in [3.63, 3.8) is 0 Å². The topological polar surface area (TPSA) is 40.5 Å². The third kappa shape index (κ3) is 2.76. The first kappa shape index (κ1) is 13.0. The van der Waals surface area contributed by atoms with Crippen molar-refractivity contribution in [2.45, 2.75) is 46.0 Å². The van der Waals surface area contributed by atoms with E-state index in [9.17, 15) is 5.11 Å². The monoisotopic (exact) mass is 222 g/mol. The summed E-state index contributed by atoms with van der Waals surface area (Å²) in [6.07, 6.45) is 2.31. The summed E-state index contributed by atoms with van der Waals surface area (Å²) in [7, 11) is 0. The zero-order valence-corrected chi connectivity index (χ0v) is 10.5. The highest BCUT2D eigenvalue weighted by molar-refractivity contribution is 5.46. The normalized spacial score (nSPS) is 11.1. The van der Waals surface area contributed by atoms with E-state index in [1.807, 2.05) is 13.0 Å². The van der Waals surface area contributed by atoms with Crippen LogP contribution in [-0.4, -0.2) is 16.8 Å². The van der Waals surface area contributed by atoms with Gasteiger partial charge in [0.2, 0.25) is 0 Å². The number of phenols is 1. The lowest BCUT2D eigenvalue weighted by molar-refractivity contribution is 0.287. The Hall–Kier alpha value is -1.02. The lowest BCUT2D eigenvalue weighted by Crippen LogP contribution is -2.01. The number of rotatable bonds is 5. The molecule has 2 heteroatoms. The van der Waals surface area contributed by atoms with Crippen LogP contribution in [0.2, 0.25) is 0 Å². The van der Waals surface area contributed by atoms with E-state index < -0.39 is 0 Å². The maximum absolute atomic E-state index is 10.2. The summed E-state index contributed by atoms with van der Waals surface area (Å²) in [6, 6.07) is 4.11. The molecule has 0 fully saturated rings. The predicted molar refractivity (Wildman–Crippen MR) is 67.0 cm³/mol. The summed E-state index contributed by atoms with van der Waals surface area (Å²) in [5.41, 5.74) is 3.21. The van der Waals surface area contributed by atoms with Gasteiger partial charge in [-0.05, 0) is 41.9 Å². The number of aromatic hydroxyl groups is 1. The second kappa shape index (κ2) is 5.90. The molecule has 1 aromatic carbocycles. The molecule has 0 radical (unpaired) electrons. The molecule has 2 N–H and O–H groups in total. The van der Waals surface area contributed by atoms with Crippen molar-refractivity contribution in [3.8, 4) is 5.75 Å². The molecule has 90 valence electrons. The Labute approximate surface area is 97.9 Å². The SMILES string of the molecule is CCc1ccc(C(C)C)c(CCCO)c1O. The van der Waals surface area contributed by atoms with Gasteiger partial charge in [-0.3, -0.25) is 0 Å². The number of aryl methyl sites for hydroxylation is 1. The Morgan fingerprint density at radius 2 is 1.94 bits per heavy atom. The van der Waals surface area contributed by atoms with Crippen molar-refractivity contribution in [3.05, 3.63) is 28.8 Å². The van der Waals surface area contributed by atoms with Crippen LogP contribution in [0.3, 0.4) is 0 Å². The minimum atomic E-state index is 0.174. The molecule has 0 atom stereocenters. The first-order chi connectivity index (χ1) is 7.61. The standard InChI is InChI=1S/C14H22O2/c1-4-11-7-8-12(10(2)3)13(14(11)16)6-5-9-15/h7-8,10,15-16H,4-6,9H2,1-3H3. The minimum absolute atomic E-state index is 0.174. The maximum Gasteiger partial charge on any atom is 0.122 e. The van der Waals surface area contributed by atoms with Crippen LogP contribution < -0.4 is 0 Å². The molecule has 16 heavy (non-hydrogen) atoms. The highest BCUT2D eigenvalue weighted by Gasteiger charge is 2.13. The molecule has 1 aromatic rings. The molecular formula is C14H22O2. The summed E-state index contributed by atoms with van der Waals surface area (Å²) in [4.78, 5) is 0. The third-order valence-corrected chi connectivity index (χ3v) is 2.99. The van der Waals surface area contributed by atoms with Gasteiger partial charge in [0, 0.05) is 6.61 Å². The van der Waals surface area contributed by atoms with E-state index in [-0.39, 0.29) is 6.61 Å². The molecule has 0 amide bonds. The number of benzene rings is 1. The predicted octanol–water partition coefficient (Wildman–Crippen LogP) is 3.00. The van der Waals surface area contributed by atoms with Gasteiger partial charge in [-0.1, -0.05) is 32.9 Å². The zero-order chi connectivity index (χ0) is 12.1. The molecule has 0 spiro atoms.